The first-order chi connectivity index (χ1) is 11.1. The van der Waals surface area contributed by atoms with Gasteiger partial charge in [-0.15, -0.1) is 0 Å². The maximum Gasteiger partial charge on any atom is 0.321 e. The van der Waals surface area contributed by atoms with E-state index in [0.29, 0.717) is 12.3 Å². The molecular weight excluding hydrogens is 290 g/mol. The van der Waals surface area contributed by atoms with Crippen molar-refractivity contribution in [3.8, 4) is 0 Å². The van der Waals surface area contributed by atoms with Crippen LogP contribution in [0.2, 0.25) is 0 Å². The Balaban J connectivity index is 1.70. The third-order valence-electron chi connectivity index (χ3n) is 4.40. The Hall–Kier alpha value is -2.04. The summed E-state index contributed by atoms with van der Waals surface area (Å²) in [6.45, 7) is 6.20. The highest BCUT2D eigenvalue weighted by molar-refractivity contribution is 5.89. The number of likely N-dealkylation sites (tertiary alicyclic amines) is 1. The molecule has 3 amide bonds. The van der Waals surface area contributed by atoms with E-state index in [2.05, 4.69) is 10.6 Å². The van der Waals surface area contributed by atoms with Gasteiger partial charge < -0.3 is 15.5 Å². The highest BCUT2D eigenvalue weighted by Gasteiger charge is 2.22. The summed E-state index contributed by atoms with van der Waals surface area (Å²) in [4.78, 5) is 25.4. The van der Waals surface area contributed by atoms with E-state index in [4.69, 9.17) is 0 Å². The van der Waals surface area contributed by atoms with Gasteiger partial charge in [0.15, 0.2) is 0 Å². The molecule has 5 heteroatoms. The largest absolute Gasteiger partial charge is 0.356 e. The van der Waals surface area contributed by atoms with E-state index in [9.17, 15) is 9.59 Å². The molecular formula is C18H27N3O2. The van der Waals surface area contributed by atoms with Crippen LogP contribution in [0.15, 0.2) is 24.3 Å². The Kier molecular flexibility index (Phi) is 6.44. The van der Waals surface area contributed by atoms with Crippen molar-refractivity contribution in [3.05, 3.63) is 29.8 Å². The van der Waals surface area contributed by atoms with Crippen LogP contribution >= 0.6 is 0 Å². The zero-order valence-corrected chi connectivity index (χ0v) is 14.1. The molecule has 0 radical (unpaired) electrons. The van der Waals surface area contributed by atoms with Crippen LogP contribution in [0.3, 0.4) is 0 Å². The molecule has 0 spiro atoms. The lowest BCUT2D eigenvalue weighted by molar-refractivity contribution is -0.120. The maximum atomic E-state index is 12.3. The van der Waals surface area contributed by atoms with E-state index in [1.54, 1.807) is 0 Å². The van der Waals surface area contributed by atoms with Gasteiger partial charge in [-0.05, 0) is 44.2 Å². The fraction of sp³-hybridized carbons (Fsp3) is 0.556. The van der Waals surface area contributed by atoms with Gasteiger partial charge in [-0.2, -0.15) is 0 Å². The Labute approximate surface area is 138 Å². The Morgan fingerprint density at radius 3 is 2.43 bits per heavy atom. The molecule has 126 valence electrons. The van der Waals surface area contributed by atoms with Crippen LogP contribution in [0.1, 0.15) is 38.2 Å². The summed E-state index contributed by atoms with van der Waals surface area (Å²) in [5, 5.41) is 5.87. The van der Waals surface area contributed by atoms with Crippen LogP contribution in [0.4, 0.5) is 10.5 Å². The number of hydrogen-bond donors (Lipinski definition) is 2. The number of nitrogens with zero attached hydrogens (tertiary/aromatic N) is 1. The zero-order chi connectivity index (χ0) is 16.7. The molecule has 0 saturated carbocycles. The molecule has 0 unspecified atom stereocenters. The first kappa shape index (κ1) is 17.3. The van der Waals surface area contributed by atoms with Crippen molar-refractivity contribution in [1.29, 1.82) is 0 Å². The van der Waals surface area contributed by atoms with Crippen LogP contribution in [0.25, 0.3) is 0 Å². The number of piperidine rings is 1. The van der Waals surface area contributed by atoms with Crippen molar-refractivity contribution in [1.82, 2.24) is 10.2 Å². The molecule has 1 fully saturated rings. The molecule has 0 aromatic heterocycles. The molecule has 0 atom stereocenters. The van der Waals surface area contributed by atoms with Gasteiger partial charge in [0.05, 0.1) is 0 Å². The van der Waals surface area contributed by atoms with Gasteiger partial charge in [0.2, 0.25) is 5.91 Å². The molecule has 0 bridgehead atoms. The summed E-state index contributed by atoms with van der Waals surface area (Å²) in [7, 11) is 0. The Morgan fingerprint density at radius 2 is 1.83 bits per heavy atom. The first-order valence-electron chi connectivity index (χ1n) is 8.47. The van der Waals surface area contributed by atoms with Crippen molar-refractivity contribution in [3.63, 3.8) is 0 Å². The second kappa shape index (κ2) is 8.56. The summed E-state index contributed by atoms with van der Waals surface area (Å²) in [6, 6.07) is 7.82. The smallest absolute Gasteiger partial charge is 0.321 e. The second-order valence-corrected chi connectivity index (χ2v) is 6.22. The average molecular weight is 317 g/mol. The molecule has 1 aromatic carbocycles. The van der Waals surface area contributed by atoms with Crippen molar-refractivity contribution in [2.24, 2.45) is 5.92 Å². The van der Waals surface area contributed by atoms with E-state index >= 15 is 0 Å². The van der Waals surface area contributed by atoms with E-state index in [1.807, 2.05) is 43.0 Å². The van der Waals surface area contributed by atoms with Crippen LogP contribution in [-0.4, -0.2) is 36.5 Å². The Morgan fingerprint density at radius 1 is 1.17 bits per heavy atom. The SMILES string of the molecule is CCC(=O)NCCC1CCN(C(=O)Nc2ccc(C)cc2)CC1. The normalized spacial score (nSPS) is 15.3. The van der Waals surface area contributed by atoms with Crippen LogP contribution in [0, 0.1) is 12.8 Å². The summed E-state index contributed by atoms with van der Waals surface area (Å²) in [5.41, 5.74) is 2.02. The van der Waals surface area contributed by atoms with E-state index < -0.39 is 0 Å². The van der Waals surface area contributed by atoms with Gasteiger partial charge in [-0.3, -0.25) is 4.79 Å². The van der Waals surface area contributed by atoms with E-state index in [-0.39, 0.29) is 11.9 Å². The third-order valence-corrected chi connectivity index (χ3v) is 4.40. The number of nitrogens with one attached hydrogen (secondary N) is 2. The standard InChI is InChI=1S/C18H27N3O2/c1-3-17(22)19-11-8-15-9-12-21(13-10-15)18(23)20-16-6-4-14(2)5-7-16/h4-7,15H,3,8-13H2,1-2H3,(H,19,22)(H,20,23). The number of aryl methyl sites for hydroxylation is 1. The van der Waals surface area contributed by atoms with Gasteiger partial charge in [0.1, 0.15) is 0 Å². The number of urea groups is 1. The lowest BCUT2D eigenvalue weighted by atomic mass is 9.94. The molecule has 2 rings (SSSR count). The van der Waals surface area contributed by atoms with Gasteiger partial charge in [0, 0.05) is 31.7 Å². The van der Waals surface area contributed by atoms with E-state index in [0.717, 1.165) is 44.6 Å². The molecule has 0 aliphatic carbocycles. The highest BCUT2D eigenvalue weighted by atomic mass is 16.2. The second-order valence-electron chi connectivity index (χ2n) is 6.22. The quantitative estimate of drug-likeness (QED) is 0.876. The molecule has 5 nitrogen and oxygen atoms in total. The minimum atomic E-state index is -0.0217. The van der Waals surface area contributed by atoms with Crippen molar-refractivity contribution in [2.75, 3.05) is 25.0 Å². The van der Waals surface area contributed by atoms with Gasteiger partial charge in [-0.25, -0.2) is 4.79 Å². The molecule has 1 aliphatic heterocycles. The van der Waals surface area contributed by atoms with Crippen LogP contribution < -0.4 is 10.6 Å². The number of carbonyl (C=O) groups excluding carboxylic acids is 2. The van der Waals surface area contributed by atoms with Crippen LogP contribution in [0.5, 0.6) is 0 Å². The summed E-state index contributed by atoms with van der Waals surface area (Å²) >= 11 is 0. The Bertz CT molecular complexity index is 520. The average Bonchev–Trinajstić information content (AvgIpc) is 2.57. The minimum Gasteiger partial charge on any atom is -0.356 e. The predicted octanol–water partition coefficient (Wildman–Crippen LogP) is 3.16. The van der Waals surface area contributed by atoms with Crippen molar-refractivity contribution >= 4 is 17.6 Å². The van der Waals surface area contributed by atoms with Gasteiger partial charge in [-0.1, -0.05) is 24.6 Å². The maximum absolute atomic E-state index is 12.3. The predicted molar refractivity (Wildman–Crippen MR) is 92.4 cm³/mol. The molecule has 1 aliphatic rings. The molecule has 23 heavy (non-hydrogen) atoms. The van der Waals surface area contributed by atoms with Crippen molar-refractivity contribution < 1.29 is 9.59 Å². The number of carbonyl (C=O) groups is 2. The number of benzene rings is 1. The topological polar surface area (TPSA) is 61.4 Å². The van der Waals surface area contributed by atoms with Crippen molar-refractivity contribution in [2.45, 2.75) is 39.5 Å². The van der Waals surface area contributed by atoms with Crippen LogP contribution in [-0.2, 0) is 4.79 Å². The number of rotatable bonds is 5. The lowest BCUT2D eigenvalue weighted by Gasteiger charge is -2.32. The molecule has 1 saturated heterocycles. The number of anilines is 1. The summed E-state index contributed by atoms with van der Waals surface area (Å²) in [6.07, 6.45) is 3.55. The molecule has 1 heterocycles. The monoisotopic (exact) mass is 317 g/mol. The first-order valence-corrected chi connectivity index (χ1v) is 8.47. The highest BCUT2D eigenvalue weighted by Crippen LogP contribution is 2.21. The lowest BCUT2D eigenvalue weighted by Crippen LogP contribution is -2.41. The summed E-state index contributed by atoms with van der Waals surface area (Å²) < 4.78 is 0. The van der Waals surface area contributed by atoms with Gasteiger partial charge in [0.25, 0.3) is 0 Å². The fourth-order valence-corrected chi connectivity index (χ4v) is 2.80. The third kappa shape index (κ3) is 5.58. The number of amides is 3. The molecule has 2 N–H and O–H groups in total. The molecule has 1 aromatic rings. The fourth-order valence-electron chi connectivity index (χ4n) is 2.80. The summed E-state index contributed by atoms with van der Waals surface area (Å²) in [5.74, 6) is 0.704. The van der Waals surface area contributed by atoms with E-state index in [1.165, 1.54) is 5.56 Å². The minimum absolute atomic E-state index is 0.0217. The zero-order valence-electron chi connectivity index (χ0n) is 14.1. The van der Waals surface area contributed by atoms with Gasteiger partial charge >= 0.3 is 6.03 Å². The number of hydrogen-bond acceptors (Lipinski definition) is 2.